The van der Waals surface area contributed by atoms with Gasteiger partial charge in [0.1, 0.15) is 34.1 Å². The molecule has 0 aliphatic heterocycles. The van der Waals surface area contributed by atoms with Gasteiger partial charge in [-0.05, 0) is 6.07 Å². The van der Waals surface area contributed by atoms with Gasteiger partial charge in [0.25, 0.3) is 11.8 Å². The Hall–Kier alpha value is -3.80. The maximum absolute atomic E-state index is 13.3. The van der Waals surface area contributed by atoms with Gasteiger partial charge in [0.05, 0.1) is 19.8 Å². The third-order valence-corrected chi connectivity index (χ3v) is 5.85. The number of carbonyl (C=O) groups excluding carboxylic acids is 1. The molecular formula is C21H17F3N4O4S. The molecule has 0 aliphatic carbocycles. The van der Waals surface area contributed by atoms with Crippen molar-refractivity contribution in [2.24, 2.45) is 5.73 Å². The number of fused-ring (bicyclic) bond motifs is 1. The summed E-state index contributed by atoms with van der Waals surface area (Å²) < 4.78 is 57.5. The van der Waals surface area contributed by atoms with Gasteiger partial charge in [-0.3, -0.25) is 9.36 Å². The summed E-state index contributed by atoms with van der Waals surface area (Å²) >= 11 is 0.998. The van der Waals surface area contributed by atoms with Gasteiger partial charge in [0, 0.05) is 17.7 Å². The number of pyridine rings is 1. The van der Waals surface area contributed by atoms with Crippen LogP contribution < -0.4 is 19.9 Å². The van der Waals surface area contributed by atoms with Crippen LogP contribution in [0.5, 0.6) is 17.4 Å². The standard InChI is InChI=1S/C21H17F3N4O4S/c1-30-15-7-13-19(27-20(15)31-2)28(10-26-13)16-8-14(17(33-16)18(25)29)32-9-11-5-3-4-6-12(11)21(22,23)24/h3-8,10H,9H2,1-2H3,(H2,25,29). The average molecular weight is 478 g/mol. The molecule has 0 aliphatic rings. The predicted octanol–water partition coefficient (Wildman–Crippen LogP) is 4.20. The minimum atomic E-state index is -4.53. The number of halogens is 3. The highest BCUT2D eigenvalue weighted by Gasteiger charge is 2.33. The van der Waals surface area contributed by atoms with E-state index in [0.29, 0.717) is 21.9 Å². The van der Waals surface area contributed by atoms with Crippen LogP contribution in [0.2, 0.25) is 0 Å². The number of nitrogens with zero attached hydrogens (tertiary/aromatic N) is 3. The Morgan fingerprint density at radius 3 is 2.58 bits per heavy atom. The van der Waals surface area contributed by atoms with Crippen molar-refractivity contribution in [1.82, 2.24) is 14.5 Å². The molecule has 0 atom stereocenters. The molecule has 0 fully saturated rings. The Kier molecular flexibility index (Phi) is 5.85. The van der Waals surface area contributed by atoms with E-state index in [4.69, 9.17) is 19.9 Å². The first-order valence-electron chi connectivity index (χ1n) is 9.41. The fourth-order valence-corrected chi connectivity index (χ4v) is 4.12. The second kappa shape index (κ2) is 8.62. The molecular weight excluding hydrogens is 461 g/mol. The number of hydrogen-bond donors (Lipinski definition) is 1. The third kappa shape index (κ3) is 4.29. The highest BCUT2D eigenvalue weighted by Crippen LogP contribution is 2.37. The second-order valence-corrected chi connectivity index (χ2v) is 7.77. The van der Waals surface area contributed by atoms with Crippen LogP contribution in [0.3, 0.4) is 0 Å². The van der Waals surface area contributed by atoms with E-state index in [0.717, 1.165) is 17.4 Å². The molecule has 172 valence electrons. The van der Waals surface area contributed by atoms with Crippen LogP contribution in [0, 0.1) is 0 Å². The van der Waals surface area contributed by atoms with Crippen molar-refractivity contribution in [3.63, 3.8) is 0 Å². The van der Waals surface area contributed by atoms with Crippen LogP contribution in [0.1, 0.15) is 20.8 Å². The van der Waals surface area contributed by atoms with E-state index < -0.39 is 24.3 Å². The zero-order valence-electron chi connectivity index (χ0n) is 17.3. The number of amides is 1. The summed E-state index contributed by atoms with van der Waals surface area (Å²) in [4.78, 5) is 20.7. The number of alkyl halides is 3. The van der Waals surface area contributed by atoms with E-state index >= 15 is 0 Å². The summed E-state index contributed by atoms with van der Waals surface area (Å²) in [5, 5.41) is 0.477. The fourth-order valence-electron chi connectivity index (χ4n) is 3.20. The Labute approximate surface area is 189 Å². The zero-order chi connectivity index (χ0) is 23.8. The Morgan fingerprint density at radius 1 is 1.15 bits per heavy atom. The van der Waals surface area contributed by atoms with Gasteiger partial charge in [-0.2, -0.15) is 18.2 Å². The Bertz CT molecular complexity index is 1330. The number of imidazole rings is 1. The van der Waals surface area contributed by atoms with Crippen LogP contribution in [0.25, 0.3) is 16.2 Å². The Balaban J connectivity index is 1.71. The first kappa shape index (κ1) is 22.4. The minimum absolute atomic E-state index is 0.0526. The maximum Gasteiger partial charge on any atom is 0.416 e. The van der Waals surface area contributed by atoms with Crippen molar-refractivity contribution in [2.75, 3.05) is 14.2 Å². The number of aromatic nitrogens is 3. The summed E-state index contributed by atoms with van der Waals surface area (Å²) in [5.74, 6) is -0.0888. The van der Waals surface area contributed by atoms with Crippen LogP contribution >= 0.6 is 11.3 Å². The number of primary amides is 1. The van der Waals surface area contributed by atoms with Crippen LogP contribution in [0.4, 0.5) is 13.2 Å². The van der Waals surface area contributed by atoms with Crippen molar-refractivity contribution >= 4 is 28.4 Å². The molecule has 3 aromatic heterocycles. The van der Waals surface area contributed by atoms with Gasteiger partial charge in [-0.25, -0.2) is 4.98 Å². The SMILES string of the molecule is COc1cc2ncn(-c3cc(OCc4ccccc4C(F)(F)F)c(C(N)=O)s3)c2nc1OC. The number of carbonyl (C=O) groups is 1. The minimum Gasteiger partial charge on any atom is -0.491 e. The molecule has 1 aromatic carbocycles. The normalized spacial score (nSPS) is 11.5. The first-order valence-corrected chi connectivity index (χ1v) is 10.2. The maximum atomic E-state index is 13.3. The smallest absolute Gasteiger partial charge is 0.416 e. The molecule has 0 saturated heterocycles. The molecule has 4 rings (SSSR count). The lowest BCUT2D eigenvalue weighted by Gasteiger charge is -2.13. The summed E-state index contributed by atoms with van der Waals surface area (Å²) in [6, 6.07) is 8.20. The van der Waals surface area contributed by atoms with Gasteiger partial charge in [-0.1, -0.05) is 18.2 Å². The van der Waals surface area contributed by atoms with Crippen LogP contribution in [0.15, 0.2) is 42.7 Å². The van der Waals surface area contributed by atoms with E-state index in [1.54, 1.807) is 10.6 Å². The fraction of sp³-hybridized carbons (Fsp3) is 0.190. The predicted molar refractivity (Wildman–Crippen MR) is 114 cm³/mol. The number of ether oxygens (including phenoxy) is 3. The van der Waals surface area contributed by atoms with Crippen molar-refractivity contribution in [1.29, 1.82) is 0 Å². The van der Waals surface area contributed by atoms with Crippen molar-refractivity contribution in [3.8, 4) is 22.4 Å². The molecule has 8 nitrogen and oxygen atoms in total. The molecule has 2 N–H and O–H groups in total. The van der Waals surface area contributed by atoms with Gasteiger partial charge < -0.3 is 19.9 Å². The molecule has 0 unspecified atom stereocenters. The molecule has 12 heteroatoms. The summed E-state index contributed by atoms with van der Waals surface area (Å²) in [5.41, 5.74) is 5.52. The second-order valence-electron chi connectivity index (χ2n) is 6.74. The van der Waals surface area contributed by atoms with Gasteiger partial charge in [0.15, 0.2) is 11.4 Å². The summed E-state index contributed by atoms with van der Waals surface area (Å²) in [6.07, 6.45) is -3.05. The largest absolute Gasteiger partial charge is 0.491 e. The van der Waals surface area contributed by atoms with Crippen LogP contribution in [-0.2, 0) is 12.8 Å². The highest BCUT2D eigenvalue weighted by atomic mass is 32.1. The van der Waals surface area contributed by atoms with Gasteiger partial charge in [-0.15, -0.1) is 11.3 Å². The monoisotopic (exact) mass is 478 g/mol. The van der Waals surface area contributed by atoms with Crippen molar-refractivity contribution in [2.45, 2.75) is 12.8 Å². The quantitative estimate of drug-likeness (QED) is 0.427. The van der Waals surface area contributed by atoms with E-state index in [1.807, 2.05) is 0 Å². The van der Waals surface area contributed by atoms with Gasteiger partial charge >= 0.3 is 6.18 Å². The molecule has 4 aromatic rings. The lowest BCUT2D eigenvalue weighted by atomic mass is 10.1. The highest BCUT2D eigenvalue weighted by molar-refractivity contribution is 7.16. The number of hydrogen-bond acceptors (Lipinski definition) is 7. The Morgan fingerprint density at radius 2 is 1.91 bits per heavy atom. The topological polar surface area (TPSA) is 101 Å². The van der Waals surface area contributed by atoms with E-state index in [2.05, 4.69) is 9.97 Å². The molecule has 3 heterocycles. The van der Waals surface area contributed by atoms with Gasteiger partial charge in [0.2, 0.25) is 0 Å². The number of nitrogens with two attached hydrogens (primary N) is 1. The molecule has 0 bridgehead atoms. The number of rotatable bonds is 7. The third-order valence-electron chi connectivity index (χ3n) is 4.72. The lowest BCUT2D eigenvalue weighted by molar-refractivity contribution is -0.138. The van der Waals surface area contributed by atoms with Crippen molar-refractivity contribution < 1.29 is 32.2 Å². The summed E-state index contributed by atoms with van der Waals surface area (Å²) in [6.45, 7) is -0.403. The zero-order valence-corrected chi connectivity index (χ0v) is 18.2. The van der Waals surface area contributed by atoms with E-state index in [1.165, 1.54) is 44.8 Å². The lowest BCUT2D eigenvalue weighted by Crippen LogP contribution is -2.13. The number of methoxy groups -OCH3 is 2. The summed E-state index contributed by atoms with van der Waals surface area (Å²) in [7, 11) is 2.92. The first-order chi connectivity index (χ1) is 15.7. The van der Waals surface area contributed by atoms with E-state index in [9.17, 15) is 18.0 Å². The molecule has 1 amide bonds. The molecule has 0 radical (unpaired) electrons. The molecule has 0 spiro atoms. The average Bonchev–Trinajstić information content (AvgIpc) is 3.39. The molecule has 33 heavy (non-hydrogen) atoms. The molecule has 0 saturated carbocycles. The van der Waals surface area contributed by atoms with E-state index in [-0.39, 0.29) is 22.1 Å². The van der Waals surface area contributed by atoms with Crippen LogP contribution in [-0.4, -0.2) is 34.7 Å². The van der Waals surface area contributed by atoms with Crippen molar-refractivity contribution in [3.05, 3.63) is 58.7 Å². The number of thiophene rings is 1. The number of benzene rings is 1.